The number of amides is 2. The van der Waals surface area contributed by atoms with E-state index in [-0.39, 0.29) is 24.2 Å². The van der Waals surface area contributed by atoms with Gasteiger partial charge in [-0.05, 0) is 31.0 Å². The smallest absolute Gasteiger partial charge is 0.238 e. The molecule has 1 atom stereocenters. The predicted octanol–water partition coefficient (Wildman–Crippen LogP) is 2.83. The SMILES string of the molecule is CCC(C)C(=O)Nc1cccc(NC(=O)CC#N)c1C. The summed E-state index contributed by atoms with van der Waals surface area (Å²) < 4.78 is 0. The van der Waals surface area contributed by atoms with E-state index >= 15 is 0 Å². The van der Waals surface area contributed by atoms with Crippen LogP contribution in [0.3, 0.4) is 0 Å². The third kappa shape index (κ3) is 4.09. The highest BCUT2D eigenvalue weighted by Crippen LogP contribution is 2.24. The second-order valence-corrected chi connectivity index (χ2v) is 4.66. The van der Waals surface area contributed by atoms with E-state index in [1.54, 1.807) is 24.3 Å². The molecule has 1 unspecified atom stereocenters. The molecule has 1 aromatic rings. The molecule has 5 nitrogen and oxygen atoms in total. The summed E-state index contributed by atoms with van der Waals surface area (Å²) >= 11 is 0. The minimum atomic E-state index is -0.360. The van der Waals surface area contributed by atoms with Crippen LogP contribution in [0.5, 0.6) is 0 Å². The van der Waals surface area contributed by atoms with E-state index in [1.165, 1.54) is 0 Å². The molecular formula is C15H19N3O2. The van der Waals surface area contributed by atoms with Crippen LogP contribution in [-0.2, 0) is 9.59 Å². The quantitative estimate of drug-likeness (QED) is 0.865. The fourth-order valence-corrected chi connectivity index (χ4v) is 1.61. The Bertz CT molecular complexity index is 547. The first-order valence-electron chi connectivity index (χ1n) is 6.56. The van der Waals surface area contributed by atoms with Crippen LogP contribution in [0.4, 0.5) is 11.4 Å². The number of rotatable bonds is 5. The van der Waals surface area contributed by atoms with Gasteiger partial charge in [-0.15, -0.1) is 0 Å². The summed E-state index contributed by atoms with van der Waals surface area (Å²) in [5.74, 6) is -0.469. The summed E-state index contributed by atoms with van der Waals surface area (Å²) in [5, 5.41) is 14.0. The number of nitrogens with one attached hydrogen (secondary N) is 2. The standard InChI is InChI=1S/C15H19N3O2/c1-4-10(2)15(20)18-13-7-5-6-12(11(13)3)17-14(19)8-9-16/h5-7,10H,4,8H2,1-3H3,(H,17,19)(H,18,20). The molecule has 0 aliphatic heterocycles. The highest BCUT2D eigenvalue weighted by atomic mass is 16.2. The van der Waals surface area contributed by atoms with Crippen molar-refractivity contribution in [2.75, 3.05) is 10.6 Å². The first-order chi connectivity index (χ1) is 9.49. The number of benzene rings is 1. The summed E-state index contributed by atoms with van der Waals surface area (Å²) in [7, 11) is 0. The molecule has 20 heavy (non-hydrogen) atoms. The van der Waals surface area contributed by atoms with Gasteiger partial charge in [0.2, 0.25) is 11.8 Å². The van der Waals surface area contributed by atoms with Crippen molar-refractivity contribution >= 4 is 23.2 Å². The van der Waals surface area contributed by atoms with Crippen molar-refractivity contribution in [3.63, 3.8) is 0 Å². The van der Waals surface area contributed by atoms with Crippen LogP contribution in [0, 0.1) is 24.2 Å². The Balaban J connectivity index is 2.87. The molecule has 5 heteroatoms. The van der Waals surface area contributed by atoms with Crippen LogP contribution in [0.15, 0.2) is 18.2 Å². The molecule has 2 N–H and O–H groups in total. The van der Waals surface area contributed by atoms with Gasteiger partial charge in [-0.25, -0.2) is 0 Å². The van der Waals surface area contributed by atoms with Crippen molar-refractivity contribution in [1.82, 2.24) is 0 Å². The highest BCUT2D eigenvalue weighted by Gasteiger charge is 2.13. The fourth-order valence-electron chi connectivity index (χ4n) is 1.61. The lowest BCUT2D eigenvalue weighted by Gasteiger charge is -2.15. The normalized spacial score (nSPS) is 11.3. The van der Waals surface area contributed by atoms with Gasteiger partial charge in [-0.2, -0.15) is 5.26 Å². The average Bonchev–Trinajstić information content (AvgIpc) is 2.42. The van der Waals surface area contributed by atoms with Gasteiger partial charge < -0.3 is 10.6 Å². The van der Waals surface area contributed by atoms with Crippen LogP contribution >= 0.6 is 0 Å². The molecule has 2 amide bonds. The molecule has 0 saturated heterocycles. The number of carbonyl (C=O) groups is 2. The van der Waals surface area contributed by atoms with Gasteiger partial charge >= 0.3 is 0 Å². The van der Waals surface area contributed by atoms with Gasteiger partial charge in [0.1, 0.15) is 6.42 Å². The van der Waals surface area contributed by atoms with E-state index in [2.05, 4.69) is 10.6 Å². The Morgan fingerprint density at radius 3 is 2.45 bits per heavy atom. The van der Waals surface area contributed by atoms with E-state index in [0.717, 1.165) is 12.0 Å². The average molecular weight is 273 g/mol. The fraction of sp³-hybridized carbons (Fsp3) is 0.400. The lowest BCUT2D eigenvalue weighted by atomic mass is 10.1. The third-order valence-electron chi connectivity index (χ3n) is 3.17. The molecule has 0 aromatic heterocycles. The highest BCUT2D eigenvalue weighted by molar-refractivity contribution is 5.96. The molecule has 1 rings (SSSR count). The van der Waals surface area contributed by atoms with Crippen LogP contribution in [0.1, 0.15) is 32.3 Å². The Labute approximate surface area is 119 Å². The summed E-state index contributed by atoms with van der Waals surface area (Å²) in [6.07, 6.45) is 0.576. The van der Waals surface area contributed by atoms with Crippen molar-refractivity contribution < 1.29 is 9.59 Å². The van der Waals surface area contributed by atoms with Crippen LogP contribution in [-0.4, -0.2) is 11.8 Å². The zero-order chi connectivity index (χ0) is 15.1. The molecule has 0 aliphatic carbocycles. The van der Waals surface area contributed by atoms with Gasteiger partial charge in [0, 0.05) is 17.3 Å². The number of carbonyl (C=O) groups excluding carboxylic acids is 2. The van der Waals surface area contributed by atoms with Crippen molar-refractivity contribution in [2.24, 2.45) is 5.92 Å². The minimum absolute atomic E-state index is 0.0453. The maximum atomic E-state index is 11.9. The third-order valence-corrected chi connectivity index (χ3v) is 3.17. The number of hydrogen-bond donors (Lipinski definition) is 2. The van der Waals surface area contributed by atoms with Gasteiger partial charge in [-0.3, -0.25) is 9.59 Å². The van der Waals surface area contributed by atoms with Gasteiger partial charge in [0.05, 0.1) is 6.07 Å². The predicted molar refractivity (Wildman–Crippen MR) is 78.1 cm³/mol. The molecule has 0 saturated carbocycles. The minimum Gasteiger partial charge on any atom is -0.326 e. The Hall–Kier alpha value is -2.35. The molecule has 0 aliphatic rings. The second-order valence-electron chi connectivity index (χ2n) is 4.66. The van der Waals surface area contributed by atoms with Crippen LogP contribution in [0.25, 0.3) is 0 Å². The van der Waals surface area contributed by atoms with Crippen LogP contribution in [0.2, 0.25) is 0 Å². The molecule has 0 bridgehead atoms. The topological polar surface area (TPSA) is 82.0 Å². The van der Waals surface area contributed by atoms with E-state index < -0.39 is 0 Å². The lowest BCUT2D eigenvalue weighted by molar-refractivity contribution is -0.119. The Morgan fingerprint density at radius 1 is 1.30 bits per heavy atom. The zero-order valence-electron chi connectivity index (χ0n) is 12.0. The van der Waals surface area contributed by atoms with E-state index in [1.807, 2.05) is 20.8 Å². The number of anilines is 2. The van der Waals surface area contributed by atoms with Crippen molar-refractivity contribution in [2.45, 2.75) is 33.6 Å². The largest absolute Gasteiger partial charge is 0.326 e. The van der Waals surface area contributed by atoms with Crippen molar-refractivity contribution in [1.29, 1.82) is 5.26 Å². The van der Waals surface area contributed by atoms with E-state index in [9.17, 15) is 9.59 Å². The maximum absolute atomic E-state index is 11.9. The van der Waals surface area contributed by atoms with Gasteiger partial charge in [0.15, 0.2) is 0 Å². The molecule has 0 heterocycles. The van der Waals surface area contributed by atoms with E-state index in [4.69, 9.17) is 5.26 Å². The van der Waals surface area contributed by atoms with Crippen molar-refractivity contribution in [3.05, 3.63) is 23.8 Å². The molecule has 0 fully saturated rings. The number of nitriles is 1. The molecule has 0 spiro atoms. The lowest BCUT2D eigenvalue weighted by Crippen LogP contribution is -2.20. The number of nitrogens with zero attached hydrogens (tertiary/aromatic N) is 1. The summed E-state index contributed by atoms with van der Waals surface area (Å²) in [5.41, 5.74) is 2.05. The van der Waals surface area contributed by atoms with Crippen molar-refractivity contribution in [3.8, 4) is 6.07 Å². The molecule has 1 aromatic carbocycles. The molecule has 106 valence electrons. The second kappa shape index (κ2) is 7.29. The monoisotopic (exact) mass is 273 g/mol. The summed E-state index contributed by atoms with van der Waals surface area (Å²) in [4.78, 5) is 23.3. The summed E-state index contributed by atoms with van der Waals surface area (Å²) in [6, 6.07) is 7.07. The first-order valence-corrected chi connectivity index (χ1v) is 6.56. The van der Waals surface area contributed by atoms with E-state index in [0.29, 0.717) is 11.4 Å². The zero-order valence-corrected chi connectivity index (χ0v) is 12.0. The number of hydrogen-bond acceptors (Lipinski definition) is 3. The van der Waals surface area contributed by atoms with Crippen LogP contribution < -0.4 is 10.6 Å². The molecular weight excluding hydrogens is 254 g/mol. The molecule has 0 radical (unpaired) electrons. The maximum Gasteiger partial charge on any atom is 0.238 e. The van der Waals surface area contributed by atoms with Gasteiger partial charge in [0.25, 0.3) is 0 Å². The Kier molecular flexibility index (Phi) is 5.73. The van der Waals surface area contributed by atoms with Gasteiger partial charge in [-0.1, -0.05) is 19.9 Å². The first kappa shape index (κ1) is 15.7. The summed E-state index contributed by atoms with van der Waals surface area (Å²) in [6.45, 7) is 5.63. The Morgan fingerprint density at radius 2 is 1.90 bits per heavy atom.